The number of carbonyl (C=O) groups excluding carboxylic acids is 1. The van der Waals surface area contributed by atoms with Crippen LogP contribution in [-0.2, 0) is 4.79 Å². The van der Waals surface area contributed by atoms with Gasteiger partial charge in [0.1, 0.15) is 0 Å². The third-order valence-corrected chi connectivity index (χ3v) is 4.49. The molecule has 0 spiro atoms. The molecule has 5 nitrogen and oxygen atoms in total. The number of carboxylic acid groups (broad SMARTS) is 1. The molecule has 110 valence electrons. The normalized spacial score (nSPS) is 19.9. The molecule has 6 heteroatoms. The lowest BCUT2D eigenvalue weighted by atomic mass is 9.74. The van der Waals surface area contributed by atoms with Gasteiger partial charge in [0.05, 0.1) is 5.41 Å². The predicted molar refractivity (Wildman–Crippen MR) is 76.5 cm³/mol. The summed E-state index contributed by atoms with van der Waals surface area (Å²) in [6, 6.07) is 3.30. The van der Waals surface area contributed by atoms with Crippen LogP contribution in [0.4, 0.5) is 0 Å². The van der Waals surface area contributed by atoms with Gasteiger partial charge in [-0.25, -0.2) is 0 Å². The molecule has 1 N–H and O–H groups in total. The molecule has 1 unspecified atom stereocenters. The summed E-state index contributed by atoms with van der Waals surface area (Å²) >= 11 is 3.17. The standard InChI is InChI=1S/C14H18BrNO4/c1-14(2,13(18)19)9-4-3-7-16(8-9)12(17)10-5-6-11(15)20-10/h5-6,9H,3-4,7-8H2,1-2H3,(H,18,19). The lowest BCUT2D eigenvalue weighted by Gasteiger charge is -2.38. The lowest BCUT2D eigenvalue weighted by Crippen LogP contribution is -2.46. The first-order chi connectivity index (χ1) is 9.32. The van der Waals surface area contributed by atoms with Gasteiger partial charge in [0, 0.05) is 13.1 Å². The summed E-state index contributed by atoms with van der Waals surface area (Å²) in [5.41, 5.74) is -0.831. The van der Waals surface area contributed by atoms with Gasteiger partial charge in [0.2, 0.25) is 0 Å². The minimum Gasteiger partial charge on any atom is -0.481 e. The molecule has 1 aromatic heterocycles. The fraction of sp³-hybridized carbons (Fsp3) is 0.571. The van der Waals surface area contributed by atoms with E-state index in [9.17, 15) is 14.7 Å². The number of amides is 1. The van der Waals surface area contributed by atoms with E-state index >= 15 is 0 Å². The molecule has 0 bridgehead atoms. The summed E-state index contributed by atoms with van der Waals surface area (Å²) in [5, 5.41) is 9.31. The number of halogens is 1. The fourth-order valence-corrected chi connectivity index (χ4v) is 2.82. The Morgan fingerprint density at radius 1 is 1.45 bits per heavy atom. The van der Waals surface area contributed by atoms with Crippen LogP contribution in [0.15, 0.2) is 21.2 Å². The van der Waals surface area contributed by atoms with Crippen molar-refractivity contribution >= 4 is 27.8 Å². The summed E-state index contributed by atoms with van der Waals surface area (Å²) in [5.74, 6) is -0.763. The Labute approximate surface area is 126 Å². The second-order valence-corrected chi connectivity index (χ2v) is 6.50. The van der Waals surface area contributed by atoms with E-state index in [1.54, 1.807) is 30.9 Å². The van der Waals surface area contributed by atoms with Gasteiger partial charge < -0.3 is 14.4 Å². The molecule has 0 saturated carbocycles. The van der Waals surface area contributed by atoms with Gasteiger partial charge in [-0.15, -0.1) is 0 Å². The Morgan fingerprint density at radius 3 is 2.70 bits per heavy atom. The highest BCUT2D eigenvalue weighted by molar-refractivity contribution is 9.10. The topological polar surface area (TPSA) is 70.8 Å². The van der Waals surface area contributed by atoms with Gasteiger partial charge in [-0.3, -0.25) is 9.59 Å². The van der Waals surface area contributed by atoms with E-state index in [1.807, 2.05) is 0 Å². The maximum Gasteiger partial charge on any atom is 0.309 e. The number of likely N-dealkylation sites (tertiary alicyclic amines) is 1. The number of furan rings is 1. The second kappa shape index (κ2) is 5.60. The number of nitrogens with zero attached hydrogens (tertiary/aromatic N) is 1. The number of carbonyl (C=O) groups is 2. The molecular weight excluding hydrogens is 326 g/mol. The van der Waals surface area contributed by atoms with Crippen molar-refractivity contribution in [1.82, 2.24) is 4.90 Å². The van der Waals surface area contributed by atoms with Crippen LogP contribution >= 0.6 is 15.9 Å². The van der Waals surface area contributed by atoms with E-state index in [4.69, 9.17) is 4.42 Å². The van der Waals surface area contributed by atoms with Crippen LogP contribution in [0.3, 0.4) is 0 Å². The first kappa shape index (κ1) is 15.1. The highest BCUT2D eigenvalue weighted by Crippen LogP contribution is 2.34. The summed E-state index contributed by atoms with van der Waals surface area (Å²) in [6.45, 7) is 4.54. The van der Waals surface area contributed by atoms with E-state index < -0.39 is 11.4 Å². The number of hydrogen-bond donors (Lipinski definition) is 1. The van der Waals surface area contributed by atoms with Gasteiger partial charge in [0.15, 0.2) is 10.4 Å². The number of rotatable bonds is 3. The first-order valence-electron chi connectivity index (χ1n) is 6.60. The van der Waals surface area contributed by atoms with Gasteiger partial charge in [-0.2, -0.15) is 0 Å². The van der Waals surface area contributed by atoms with Crippen LogP contribution in [-0.4, -0.2) is 35.0 Å². The van der Waals surface area contributed by atoms with E-state index in [1.165, 1.54) is 0 Å². The van der Waals surface area contributed by atoms with Gasteiger partial charge in [-0.05, 0) is 60.7 Å². The summed E-state index contributed by atoms with van der Waals surface area (Å²) in [6.07, 6.45) is 1.64. The van der Waals surface area contributed by atoms with Crippen molar-refractivity contribution in [2.24, 2.45) is 11.3 Å². The minimum absolute atomic E-state index is 0.0453. The Morgan fingerprint density at radius 2 is 2.15 bits per heavy atom. The van der Waals surface area contributed by atoms with Gasteiger partial charge in [0.25, 0.3) is 5.91 Å². The van der Waals surface area contributed by atoms with E-state index in [0.717, 1.165) is 12.8 Å². The molecule has 1 aliphatic heterocycles. The number of piperidine rings is 1. The molecule has 1 amide bonds. The van der Waals surface area contributed by atoms with Crippen molar-refractivity contribution in [2.75, 3.05) is 13.1 Å². The molecule has 1 aromatic rings. The zero-order valence-electron chi connectivity index (χ0n) is 11.6. The minimum atomic E-state index is -0.831. The summed E-state index contributed by atoms with van der Waals surface area (Å²) in [4.78, 5) is 25.3. The van der Waals surface area contributed by atoms with Crippen molar-refractivity contribution in [3.63, 3.8) is 0 Å². The van der Waals surface area contributed by atoms with Crippen molar-refractivity contribution in [3.05, 3.63) is 22.6 Å². The molecule has 1 fully saturated rings. The monoisotopic (exact) mass is 343 g/mol. The molecule has 0 aliphatic carbocycles. The van der Waals surface area contributed by atoms with Crippen LogP contribution in [0.25, 0.3) is 0 Å². The number of carboxylic acids is 1. The van der Waals surface area contributed by atoms with Crippen molar-refractivity contribution in [3.8, 4) is 0 Å². The molecular formula is C14H18BrNO4. The van der Waals surface area contributed by atoms with Crippen molar-refractivity contribution < 1.29 is 19.1 Å². The first-order valence-corrected chi connectivity index (χ1v) is 7.39. The molecule has 20 heavy (non-hydrogen) atoms. The summed E-state index contributed by atoms with van der Waals surface area (Å²) in [7, 11) is 0. The van der Waals surface area contributed by atoms with Crippen molar-refractivity contribution in [1.29, 1.82) is 0 Å². The average molecular weight is 344 g/mol. The zero-order chi connectivity index (χ0) is 14.9. The Balaban J connectivity index is 2.11. The highest BCUT2D eigenvalue weighted by atomic mass is 79.9. The Hall–Kier alpha value is -1.30. The summed E-state index contributed by atoms with van der Waals surface area (Å²) < 4.78 is 5.79. The average Bonchev–Trinajstić information content (AvgIpc) is 2.84. The van der Waals surface area contributed by atoms with Gasteiger partial charge in [-0.1, -0.05) is 0 Å². The maximum absolute atomic E-state index is 12.3. The largest absolute Gasteiger partial charge is 0.481 e. The molecule has 1 saturated heterocycles. The van der Waals surface area contributed by atoms with Crippen LogP contribution in [0.1, 0.15) is 37.2 Å². The molecule has 1 aliphatic rings. The van der Waals surface area contributed by atoms with E-state index in [2.05, 4.69) is 15.9 Å². The number of aliphatic carboxylic acids is 1. The van der Waals surface area contributed by atoms with Crippen LogP contribution in [0.2, 0.25) is 0 Å². The Kier molecular flexibility index (Phi) is 4.22. The SMILES string of the molecule is CC(C)(C(=O)O)C1CCCN(C(=O)c2ccc(Br)o2)C1. The molecule has 0 aromatic carbocycles. The molecule has 0 radical (unpaired) electrons. The highest BCUT2D eigenvalue weighted by Gasteiger charge is 2.40. The van der Waals surface area contributed by atoms with Crippen LogP contribution in [0.5, 0.6) is 0 Å². The smallest absolute Gasteiger partial charge is 0.309 e. The maximum atomic E-state index is 12.3. The Bertz CT molecular complexity index is 523. The van der Waals surface area contributed by atoms with Gasteiger partial charge >= 0.3 is 5.97 Å². The van der Waals surface area contributed by atoms with Crippen LogP contribution in [0, 0.1) is 11.3 Å². The third-order valence-electron chi connectivity index (χ3n) is 4.06. The zero-order valence-corrected chi connectivity index (χ0v) is 13.1. The molecule has 2 rings (SSSR count). The number of hydrogen-bond acceptors (Lipinski definition) is 3. The van der Waals surface area contributed by atoms with E-state index in [-0.39, 0.29) is 17.6 Å². The quantitative estimate of drug-likeness (QED) is 0.915. The lowest BCUT2D eigenvalue weighted by molar-refractivity contribution is -0.151. The second-order valence-electron chi connectivity index (χ2n) is 5.72. The molecule has 2 heterocycles. The fourth-order valence-electron chi connectivity index (χ4n) is 2.51. The van der Waals surface area contributed by atoms with Crippen LogP contribution < -0.4 is 0 Å². The molecule has 1 atom stereocenters. The predicted octanol–water partition coefficient (Wildman–Crippen LogP) is 3.01. The third kappa shape index (κ3) is 2.90. The van der Waals surface area contributed by atoms with Crippen molar-refractivity contribution in [2.45, 2.75) is 26.7 Å². The van der Waals surface area contributed by atoms with E-state index in [0.29, 0.717) is 17.8 Å².